The van der Waals surface area contributed by atoms with E-state index in [1.807, 2.05) is 0 Å². The summed E-state index contributed by atoms with van der Waals surface area (Å²) in [5.41, 5.74) is 1.54. The predicted molar refractivity (Wildman–Crippen MR) is 96.9 cm³/mol. The van der Waals surface area contributed by atoms with Gasteiger partial charge in [0.2, 0.25) is 11.6 Å². The number of halogens is 1. The minimum absolute atomic E-state index is 0.0780. The first-order valence-electron chi connectivity index (χ1n) is 7.63. The third-order valence-electron chi connectivity index (χ3n) is 3.79. The molecule has 0 saturated heterocycles. The van der Waals surface area contributed by atoms with Gasteiger partial charge in [-0.2, -0.15) is 4.98 Å². The number of para-hydroxylation sites is 1. The van der Waals surface area contributed by atoms with Crippen LogP contribution in [0.15, 0.2) is 63.7 Å². The molecule has 2 aromatic carbocycles. The van der Waals surface area contributed by atoms with E-state index in [9.17, 15) is 19.6 Å². The molecule has 1 N–H and O–H groups in total. The summed E-state index contributed by atoms with van der Waals surface area (Å²) in [5.74, 6) is -1.05. The molecule has 0 aliphatic carbocycles. The number of nitrogens with zero attached hydrogens (tertiary/aromatic N) is 4. The molecule has 3 aromatic rings. The Hall–Kier alpha value is -3.53. The largest absolute Gasteiger partial charge is 0.492 e. The van der Waals surface area contributed by atoms with Gasteiger partial charge in [0.1, 0.15) is 11.4 Å². The highest BCUT2D eigenvalue weighted by Crippen LogP contribution is 2.53. The second kappa shape index (κ2) is 6.65. The molecule has 0 saturated carbocycles. The van der Waals surface area contributed by atoms with Gasteiger partial charge in [-0.1, -0.05) is 12.1 Å². The number of aliphatic imine (C=N–C) groups is 1. The summed E-state index contributed by atoms with van der Waals surface area (Å²) in [6, 6.07) is 10.1. The first kappa shape index (κ1) is 16.9. The standard InChI is InChI=1S/C17H11FN4O4S/c18-11-3-1-2-4-13(11)26-14-6-5-10(7-12(14)22(24)25)27-9-21-15-16(23)19-8-20-17(15)27/h1-9,27H,(H,19,20,23). The molecule has 2 heterocycles. The van der Waals surface area contributed by atoms with Gasteiger partial charge >= 0.3 is 5.69 Å². The fraction of sp³-hybridized carbons (Fsp3) is 0. The number of rotatable bonds is 4. The lowest BCUT2D eigenvalue weighted by Crippen LogP contribution is -1.96. The molecule has 1 atom stereocenters. The Morgan fingerprint density at radius 3 is 2.74 bits per heavy atom. The molecule has 0 fully saturated rings. The maximum atomic E-state index is 13.8. The van der Waals surface area contributed by atoms with Crippen LogP contribution in [0, 0.1) is 15.9 Å². The smallest absolute Gasteiger partial charge is 0.312 e. The number of nitro groups is 1. The molecular weight excluding hydrogens is 375 g/mol. The van der Waals surface area contributed by atoms with Crippen LogP contribution in [0.4, 0.5) is 15.8 Å². The van der Waals surface area contributed by atoms with E-state index < -0.39 is 21.6 Å². The van der Waals surface area contributed by atoms with Crippen molar-refractivity contribution in [2.45, 2.75) is 9.92 Å². The molecule has 136 valence electrons. The summed E-state index contributed by atoms with van der Waals surface area (Å²) in [7, 11) is -1.23. The predicted octanol–water partition coefficient (Wildman–Crippen LogP) is 4.11. The number of hydrogen-bond acceptors (Lipinski definition) is 7. The Kier molecular flexibility index (Phi) is 4.16. The zero-order valence-electron chi connectivity index (χ0n) is 13.5. The Labute approximate surface area is 154 Å². The first-order chi connectivity index (χ1) is 13.0. The maximum Gasteiger partial charge on any atom is 0.312 e. The summed E-state index contributed by atoms with van der Waals surface area (Å²) in [6.07, 6.45) is 1.21. The number of benzene rings is 2. The fourth-order valence-corrected chi connectivity index (χ4v) is 4.32. The Bertz CT molecular complexity index is 1090. The zero-order chi connectivity index (χ0) is 19.0. The van der Waals surface area contributed by atoms with Crippen molar-refractivity contribution in [1.82, 2.24) is 9.97 Å². The Morgan fingerprint density at radius 2 is 1.96 bits per heavy atom. The minimum atomic E-state index is -1.23. The number of aromatic nitrogens is 2. The van der Waals surface area contributed by atoms with Gasteiger partial charge in [-0.15, -0.1) is 10.9 Å². The molecule has 4 rings (SSSR count). The SMILES string of the molecule is O=[N+]([O-])c1cc([SH]2C=Nc3c(O)ncnc32)ccc1Oc1ccccc1F. The van der Waals surface area contributed by atoms with Crippen LogP contribution in [-0.2, 0) is 0 Å². The van der Waals surface area contributed by atoms with Crippen molar-refractivity contribution < 1.29 is 19.2 Å². The molecule has 0 radical (unpaired) electrons. The highest BCUT2D eigenvalue weighted by atomic mass is 32.2. The first-order valence-corrected chi connectivity index (χ1v) is 9.04. The van der Waals surface area contributed by atoms with Crippen molar-refractivity contribution in [3.8, 4) is 17.4 Å². The minimum Gasteiger partial charge on any atom is -0.492 e. The van der Waals surface area contributed by atoms with Crippen LogP contribution in [0.25, 0.3) is 0 Å². The molecular formula is C17H11FN4O4S. The van der Waals surface area contributed by atoms with Crippen LogP contribution in [-0.4, -0.2) is 25.5 Å². The van der Waals surface area contributed by atoms with E-state index in [1.54, 1.807) is 17.7 Å². The van der Waals surface area contributed by atoms with Crippen molar-refractivity contribution in [3.05, 3.63) is 64.7 Å². The van der Waals surface area contributed by atoms with E-state index in [0.717, 1.165) is 0 Å². The molecule has 1 aliphatic heterocycles. The van der Waals surface area contributed by atoms with Gasteiger partial charge < -0.3 is 9.84 Å². The topological polar surface area (TPSA) is 111 Å². The van der Waals surface area contributed by atoms with Gasteiger partial charge in [0, 0.05) is 11.0 Å². The van der Waals surface area contributed by atoms with E-state index in [-0.39, 0.29) is 28.8 Å². The molecule has 8 nitrogen and oxygen atoms in total. The molecule has 10 heteroatoms. The normalized spacial score (nSPS) is 16.1. The van der Waals surface area contributed by atoms with Crippen LogP contribution in [0.5, 0.6) is 17.4 Å². The third-order valence-corrected chi connectivity index (χ3v) is 5.75. The molecule has 0 bridgehead atoms. The van der Waals surface area contributed by atoms with Crippen molar-refractivity contribution >= 4 is 27.8 Å². The fourth-order valence-electron chi connectivity index (χ4n) is 2.54. The van der Waals surface area contributed by atoms with E-state index in [2.05, 4.69) is 15.0 Å². The molecule has 1 unspecified atom stereocenters. The van der Waals surface area contributed by atoms with E-state index >= 15 is 0 Å². The lowest BCUT2D eigenvalue weighted by Gasteiger charge is -2.14. The number of nitro benzene ring substituents is 1. The Balaban J connectivity index is 1.73. The van der Waals surface area contributed by atoms with Crippen LogP contribution in [0.2, 0.25) is 0 Å². The molecule has 0 spiro atoms. The van der Waals surface area contributed by atoms with Gasteiger partial charge in [0.15, 0.2) is 17.3 Å². The van der Waals surface area contributed by atoms with Crippen molar-refractivity contribution in [2.75, 3.05) is 0 Å². The maximum absolute atomic E-state index is 13.8. The number of fused-ring (bicyclic) bond motifs is 1. The van der Waals surface area contributed by atoms with Gasteiger partial charge in [-0.05, 0) is 24.3 Å². The van der Waals surface area contributed by atoms with E-state index in [0.29, 0.717) is 9.92 Å². The average Bonchev–Trinajstić information content (AvgIpc) is 3.09. The van der Waals surface area contributed by atoms with E-state index in [4.69, 9.17) is 4.74 Å². The summed E-state index contributed by atoms with van der Waals surface area (Å²) in [5, 5.41) is 21.8. The van der Waals surface area contributed by atoms with Crippen molar-refractivity contribution in [3.63, 3.8) is 0 Å². The summed E-state index contributed by atoms with van der Waals surface area (Å²) in [6.45, 7) is 0. The quantitative estimate of drug-likeness (QED) is 0.302. The average molecular weight is 386 g/mol. The molecule has 27 heavy (non-hydrogen) atoms. The van der Waals surface area contributed by atoms with Gasteiger partial charge in [0.05, 0.1) is 10.5 Å². The zero-order valence-corrected chi connectivity index (χ0v) is 14.4. The van der Waals surface area contributed by atoms with Crippen LogP contribution < -0.4 is 4.74 Å². The highest BCUT2D eigenvalue weighted by molar-refractivity contribution is 8.28. The second-order valence-corrected chi connectivity index (χ2v) is 7.34. The van der Waals surface area contributed by atoms with Crippen LogP contribution in [0.3, 0.4) is 0 Å². The van der Waals surface area contributed by atoms with Gasteiger partial charge in [-0.25, -0.2) is 14.4 Å². The monoisotopic (exact) mass is 386 g/mol. The highest BCUT2D eigenvalue weighted by Gasteiger charge is 2.26. The lowest BCUT2D eigenvalue weighted by molar-refractivity contribution is -0.385. The molecule has 1 aromatic heterocycles. The Morgan fingerprint density at radius 1 is 1.15 bits per heavy atom. The van der Waals surface area contributed by atoms with E-state index in [1.165, 1.54) is 36.7 Å². The van der Waals surface area contributed by atoms with Crippen molar-refractivity contribution in [2.24, 2.45) is 4.99 Å². The van der Waals surface area contributed by atoms with Crippen LogP contribution >= 0.6 is 10.9 Å². The van der Waals surface area contributed by atoms with Gasteiger partial charge in [0.25, 0.3) is 0 Å². The molecule has 1 aliphatic rings. The number of aromatic hydroxyl groups is 1. The summed E-state index contributed by atoms with van der Waals surface area (Å²) >= 11 is 0. The van der Waals surface area contributed by atoms with Crippen molar-refractivity contribution in [1.29, 1.82) is 0 Å². The molecule has 0 amide bonds. The number of thiol groups is 1. The van der Waals surface area contributed by atoms with Crippen LogP contribution in [0.1, 0.15) is 0 Å². The number of hydrogen-bond donors (Lipinski definition) is 2. The van der Waals surface area contributed by atoms with Gasteiger partial charge in [-0.3, -0.25) is 10.1 Å². The summed E-state index contributed by atoms with van der Waals surface area (Å²) < 4.78 is 19.2. The second-order valence-electron chi connectivity index (χ2n) is 5.43. The summed E-state index contributed by atoms with van der Waals surface area (Å²) in [4.78, 5) is 23.4. The number of ether oxygens (including phenoxy) is 1. The third kappa shape index (κ3) is 3.06. The lowest BCUT2D eigenvalue weighted by atomic mass is 10.3.